The molecule has 0 aromatic heterocycles. The number of primary amides is 2. The highest BCUT2D eigenvalue weighted by molar-refractivity contribution is 5.94. The van der Waals surface area contributed by atoms with Crippen molar-refractivity contribution in [3.63, 3.8) is 0 Å². The van der Waals surface area contributed by atoms with E-state index in [1.807, 2.05) is 6.79 Å². The van der Waals surface area contributed by atoms with Crippen molar-refractivity contribution in [2.45, 2.75) is 0 Å². The van der Waals surface area contributed by atoms with Crippen LogP contribution >= 0.6 is 0 Å². The predicted molar refractivity (Wildman–Crippen MR) is 54.9 cm³/mol. The molecule has 2 amide bonds. The van der Waals surface area contributed by atoms with Crippen LogP contribution in [0.4, 0.5) is 4.79 Å². The summed E-state index contributed by atoms with van der Waals surface area (Å²) in [4.78, 5) is 27.2. The van der Waals surface area contributed by atoms with Gasteiger partial charge in [0, 0.05) is 0 Å². The number of amides is 2. The van der Waals surface area contributed by atoms with Gasteiger partial charge in [0.2, 0.25) is 0 Å². The Morgan fingerprint density at radius 3 is 1.80 bits per heavy atom. The van der Waals surface area contributed by atoms with Gasteiger partial charge < -0.3 is 21.4 Å². The molecule has 6 heteroatoms. The molecule has 0 fully saturated rings. The molecule has 1 rings (SSSR count). The molecular formula is C9H12N2O4. The number of rotatable bonds is 1. The number of carbonyl (C=O) groups excluding carboxylic acids is 2. The highest BCUT2D eigenvalue weighted by Gasteiger charge is 2.10. The molecule has 0 aromatic carbocycles. The summed E-state index contributed by atoms with van der Waals surface area (Å²) < 4.78 is 0. The Bertz CT molecular complexity index is 314. The molecule has 0 aromatic rings. The van der Waals surface area contributed by atoms with Gasteiger partial charge >= 0.3 is 12.0 Å². The molecule has 0 aliphatic heterocycles. The number of carboxylic acids is 1. The molecule has 0 radical (unpaired) electrons. The number of carbonyl (C=O) groups is 3. The Morgan fingerprint density at radius 2 is 1.67 bits per heavy atom. The van der Waals surface area contributed by atoms with E-state index in [2.05, 4.69) is 18.0 Å². The summed E-state index contributed by atoms with van der Waals surface area (Å²) in [6.45, 7) is 5.52. The maximum absolute atomic E-state index is 10.2. The number of nitrogens with two attached hydrogens (primary N) is 2. The van der Waals surface area contributed by atoms with Crippen molar-refractivity contribution in [2.75, 3.05) is 0 Å². The lowest BCUT2D eigenvalue weighted by atomic mass is 10.2. The van der Waals surface area contributed by atoms with Crippen molar-refractivity contribution in [3.05, 3.63) is 36.0 Å². The van der Waals surface area contributed by atoms with Gasteiger partial charge in [-0.05, 0) is 11.6 Å². The first-order chi connectivity index (χ1) is 6.95. The molecule has 15 heavy (non-hydrogen) atoms. The lowest BCUT2D eigenvalue weighted by molar-refractivity contribution is -0.132. The fourth-order valence-corrected chi connectivity index (χ4v) is 0.666. The smallest absolute Gasteiger partial charge is 0.336 e. The summed E-state index contributed by atoms with van der Waals surface area (Å²) in [6, 6.07) is -0.833. The number of hydrogen-bond donors (Lipinski definition) is 3. The Hall–Kier alpha value is -2.37. The summed E-state index contributed by atoms with van der Waals surface area (Å²) >= 11 is 0. The van der Waals surface area contributed by atoms with Gasteiger partial charge in [-0.25, -0.2) is 9.59 Å². The summed E-state index contributed by atoms with van der Waals surface area (Å²) in [6.07, 6.45) is 4.87. The van der Waals surface area contributed by atoms with Crippen LogP contribution in [0.5, 0.6) is 0 Å². The third-order valence-electron chi connectivity index (χ3n) is 1.14. The van der Waals surface area contributed by atoms with Crippen molar-refractivity contribution in [2.24, 2.45) is 11.5 Å². The Kier molecular flexibility index (Phi) is 8.30. The lowest BCUT2D eigenvalue weighted by Gasteiger charge is -1.92. The van der Waals surface area contributed by atoms with Crippen LogP contribution in [-0.4, -0.2) is 23.9 Å². The second-order valence-electron chi connectivity index (χ2n) is 2.17. The number of carboxylic acid groups (broad SMARTS) is 1. The van der Waals surface area contributed by atoms with Crippen molar-refractivity contribution in [1.29, 1.82) is 0 Å². The highest BCUT2D eigenvalue weighted by atomic mass is 16.4. The third-order valence-corrected chi connectivity index (χ3v) is 1.14. The minimum Gasteiger partial charge on any atom is -0.478 e. The van der Waals surface area contributed by atoms with Crippen LogP contribution in [-0.2, 0) is 9.59 Å². The zero-order valence-electron chi connectivity index (χ0n) is 7.97. The van der Waals surface area contributed by atoms with Crippen LogP contribution in [0.1, 0.15) is 0 Å². The standard InChI is InChI=1S/C7H6O2.CH4N2O.CH2O/c1-5-3-2-4-6(5)7(8)9;2-1(3)4;1-2/h2-4H,1H2,(H,8,9);(H4,2,3,4);1H2. The van der Waals surface area contributed by atoms with Gasteiger partial charge in [-0.3, -0.25) is 0 Å². The first-order valence-electron chi connectivity index (χ1n) is 3.60. The van der Waals surface area contributed by atoms with E-state index in [0.29, 0.717) is 5.57 Å². The van der Waals surface area contributed by atoms with E-state index in [1.54, 1.807) is 12.2 Å². The molecule has 0 spiro atoms. The SMILES string of the molecule is C=C1C=CC=C1C(=O)O.C=O.NC(N)=O. The van der Waals surface area contributed by atoms with Gasteiger partial charge in [-0.2, -0.15) is 0 Å². The number of allylic oxidation sites excluding steroid dienone is 3. The average molecular weight is 212 g/mol. The minimum absolute atomic E-state index is 0.287. The molecule has 0 atom stereocenters. The van der Waals surface area contributed by atoms with E-state index >= 15 is 0 Å². The predicted octanol–water partition coefficient (Wildman–Crippen LogP) is -0.0377. The zero-order chi connectivity index (χ0) is 12.4. The van der Waals surface area contributed by atoms with Crippen LogP contribution in [0.2, 0.25) is 0 Å². The number of hydrogen-bond acceptors (Lipinski definition) is 3. The van der Waals surface area contributed by atoms with Gasteiger partial charge in [-0.15, -0.1) is 0 Å². The second-order valence-corrected chi connectivity index (χ2v) is 2.17. The van der Waals surface area contributed by atoms with Crippen LogP contribution < -0.4 is 11.5 Å². The van der Waals surface area contributed by atoms with E-state index in [4.69, 9.17) is 14.7 Å². The van der Waals surface area contributed by atoms with Crippen LogP contribution in [0.3, 0.4) is 0 Å². The monoisotopic (exact) mass is 212 g/mol. The number of urea groups is 1. The Balaban J connectivity index is 0. The van der Waals surface area contributed by atoms with Gasteiger partial charge in [0.15, 0.2) is 0 Å². The summed E-state index contributed by atoms with van der Waals surface area (Å²) in [5.74, 6) is -0.912. The van der Waals surface area contributed by atoms with Crippen LogP contribution in [0.15, 0.2) is 36.0 Å². The fraction of sp³-hybridized carbons (Fsp3) is 0. The molecular weight excluding hydrogens is 200 g/mol. The average Bonchev–Trinajstić information content (AvgIpc) is 2.54. The molecule has 0 bridgehead atoms. The van der Waals surface area contributed by atoms with Crippen molar-refractivity contribution < 1.29 is 19.5 Å². The van der Waals surface area contributed by atoms with Gasteiger partial charge in [0.25, 0.3) is 0 Å². The van der Waals surface area contributed by atoms with Crippen molar-refractivity contribution in [3.8, 4) is 0 Å². The molecule has 1 aliphatic carbocycles. The quantitative estimate of drug-likeness (QED) is 0.564. The second kappa shape index (κ2) is 8.24. The molecule has 82 valence electrons. The van der Waals surface area contributed by atoms with E-state index in [1.165, 1.54) is 6.08 Å². The lowest BCUT2D eigenvalue weighted by Crippen LogP contribution is -2.18. The van der Waals surface area contributed by atoms with Gasteiger partial charge in [0.05, 0.1) is 5.57 Å². The van der Waals surface area contributed by atoms with Crippen molar-refractivity contribution >= 4 is 18.8 Å². The van der Waals surface area contributed by atoms with Crippen LogP contribution in [0, 0.1) is 0 Å². The largest absolute Gasteiger partial charge is 0.478 e. The molecule has 0 saturated carbocycles. The fourth-order valence-electron chi connectivity index (χ4n) is 0.666. The first-order valence-corrected chi connectivity index (χ1v) is 3.60. The molecule has 5 N–H and O–H groups in total. The molecule has 0 unspecified atom stereocenters. The summed E-state index contributed by atoms with van der Waals surface area (Å²) in [5.41, 5.74) is 9.36. The third kappa shape index (κ3) is 7.97. The maximum atomic E-state index is 10.2. The van der Waals surface area contributed by atoms with Gasteiger partial charge in [-0.1, -0.05) is 18.7 Å². The Morgan fingerprint density at radius 1 is 1.27 bits per heavy atom. The Labute approximate surface area is 86.6 Å². The van der Waals surface area contributed by atoms with Gasteiger partial charge in [0.1, 0.15) is 6.79 Å². The van der Waals surface area contributed by atoms with Crippen molar-refractivity contribution in [1.82, 2.24) is 0 Å². The first kappa shape index (κ1) is 15.1. The molecule has 0 saturated heterocycles. The van der Waals surface area contributed by atoms with E-state index in [9.17, 15) is 4.79 Å². The zero-order valence-corrected chi connectivity index (χ0v) is 7.97. The van der Waals surface area contributed by atoms with E-state index in [-0.39, 0.29) is 5.57 Å². The highest BCUT2D eigenvalue weighted by Crippen LogP contribution is 2.15. The summed E-state index contributed by atoms with van der Waals surface area (Å²) in [5, 5.41) is 8.41. The van der Waals surface area contributed by atoms with E-state index in [0.717, 1.165) is 0 Å². The molecule has 0 heterocycles. The molecule has 1 aliphatic rings. The molecule has 6 nitrogen and oxygen atoms in total. The van der Waals surface area contributed by atoms with Crippen LogP contribution in [0.25, 0.3) is 0 Å². The minimum atomic E-state index is -0.912. The number of aliphatic carboxylic acids is 1. The van der Waals surface area contributed by atoms with E-state index < -0.39 is 12.0 Å². The normalized spacial score (nSPS) is 11.5. The maximum Gasteiger partial charge on any atom is 0.336 e. The summed E-state index contributed by atoms with van der Waals surface area (Å²) in [7, 11) is 0. The topological polar surface area (TPSA) is 123 Å².